The van der Waals surface area contributed by atoms with Crippen molar-refractivity contribution in [3.8, 4) is 17.2 Å². The molecule has 174 valence electrons. The van der Waals surface area contributed by atoms with Gasteiger partial charge in [0.05, 0.1) is 30.2 Å². The highest BCUT2D eigenvalue weighted by Crippen LogP contribution is 2.34. The maximum Gasteiger partial charge on any atom is 0.344 e. The molecule has 33 heavy (non-hydrogen) atoms. The number of imide groups is 1. The van der Waals surface area contributed by atoms with Gasteiger partial charge in [-0.2, -0.15) is 0 Å². The van der Waals surface area contributed by atoms with E-state index in [1.54, 1.807) is 55.5 Å². The zero-order chi connectivity index (χ0) is 23.8. The molecule has 0 atom stereocenters. The quantitative estimate of drug-likeness (QED) is 0.356. The van der Waals surface area contributed by atoms with Gasteiger partial charge in [0, 0.05) is 0 Å². The Hall–Kier alpha value is -3.17. The number of ether oxygens (including phenoxy) is 4. The van der Waals surface area contributed by atoms with Gasteiger partial charge in [-0.05, 0) is 54.6 Å². The molecule has 0 bridgehead atoms. The Balaban J connectivity index is 1.64. The molecule has 0 unspecified atom stereocenters. The molecule has 2 amide bonds. The lowest BCUT2D eigenvalue weighted by Gasteiger charge is -2.13. The number of hydrogen-bond acceptors (Lipinski definition) is 8. The summed E-state index contributed by atoms with van der Waals surface area (Å²) in [6.45, 7) is 1.94. The summed E-state index contributed by atoms with van der Waals surface area (Å²) in [5.74, 6) is 0.317. The second kappa shape index (κ2) is 11.6. The van der Waals surface area contributed by atoms with Crippen LogP contribution in [0, 0.1) is 0 Å². The van der Waals surface area contributed by atoms with E-state index < -0.39 is 11.9 Å². The van der Waals surface area contributed by atoms with Crippen molar-refractivity contribution in [1.29, 1.82) is 0 Å². The summed E-state index contributed by atoms with van der Waals surface area (Å²) in [4.78, 5) is 37.9. The highest BCUT2D eigenvalue weighted by atomic mass is 35.5. The molecular weight excluding hydrogens is 470 g/mol. The number of para-hydroxylation sites is 1. The van der Waals surface area contributed by atoms with Gasteiger partial charge in [-0.15, -0.1) is 0 Å². The summed E-state index contributed by atoms with van der Waals surface area (Å²) in [6, 6.07) is 11.9. The second-order valence-corrected chi connectivity index (χ2v) is 8.02. The number of methoxy groups -OCH3 is 1. The van der Waals surface area contributed by atoms with E-state index >= 15 is 0 Å². The molecule has 1 aliphatic rings. The van der Waals surface area contributed by atoms with Crippen molar-refractivity contribution in [2.45, 2.75) is 6.92 Å². The van der Waals surface area contributed by atoms with Crippen LogP contribution in [0.2, 0.25) is 5.02 Å². The predicted octanol–water partition coefficient (Wildman–Crippen LogP) is 4.41. The smallest absolute Gasteiger partial charge is 0.344 e. The highest BCUT2D eigenvalue weighted by molar-refractivity contribution is 8.18. The van der Waals surface area contributed by atoms with Crippen LogP contribution in [0.4, 0.5) is 4.79 Å². The molecule has 2 aromatic rings. The number of nitrogens with zero attached hydrogens (tertiary/aromatic N) is 1. The van der Waals surface area contributed by atoms with E-state index in [-0.39, 0.29) is 36.5 Å². The Morgan fingerprint density at radius 2 is 1.88 bits per heavy atom. The maximum atomic E-state index is 12.7. The van der Waals surface area contributed by atoms with Crippen molar-refractivity contribution in [3.63, 3.8) is 0 Å². The summed E-state index contributed by atoms with van der Waals surface area (Å²) < 4.78 is 21.2. The lowest BCUT2D eigenvalue weighted by Crippen LogP contribution is -2.32. The number of carbonyl (C=O) groups excluding carboxylic acids is 3. The third-order valence-corrected chi connectivity index (χ3v) is 5.64. The molecule has 0 aliphatic carbocycles. The highest BCUT2D eigenvalue weighted by Gasteiger charge is 2.34. The first-order chi connectivity index (χ1) is 15.9. The van der Waals surface area contributed by atoms with Crippen LogP contribution in [0.3, 0.4) is 0 Å². The van der Waals surface area contributed by atoms with Crippen LogP contribution in [-0.2, 0) is 14.3 Å². The standard InChI is InChI=1S/C23H22ClNO7S/c1-3-30-21(26)14-32-18-9-8-15(12-19(18)29-2)13-20-22(27)25(23(28)33-20)10-11-31-17-7-5-4-6-16(17)24/h4-9,12-13H,3,10-11,14H2,1-2H3/b20-13-. The van der Waals surface area contributed by atoms with Crippen molar-refractivity contribution in [1.82, 2.24) is 4.90 Å². The monoisotopic (exact) mass is 491 g/mol. The zero-order valence-corrected chi connectivity index (χ0v) is 19.6. The van der Waals surface area contributed by atoms with Crippen LogP contribution in [0.25, 0.3) is 6.08 Å². The van der Waals surface area contributed by atoms with Gasteiger partial charge < -0.3 is 18.9 Å². The third-order valence-electron chi connectivity index (χ3n) is 4.42. The van der Waals surface area contributed by atoms with Crippen LogP contribution in [-0.4, -0.2) is 55.5 Å². The van der Waals surface area contributed by atoms with Gasteiger partial charge in [-0.1, -0.05) is 29.8 Å². The molecular formula is C23H22ClNO7S. The van der Waals surface area contributed by atoms with E-state index in [0.717, 1.165) is 16.7 Å². The van der Waals surface area contributed by atoms with Crippen LogP contribution in [0.5, 0.6) is 17.2 Å². The average Bonchev–Trinajstić information content (AvgIpc) is 3.06. The topological polar surface area (TPSA) is 91.4 Å². The first kappa shape index (κ1) is 24.5. The fourth-order valence-electron chi connectivity index (χ4n) is 2.89. The summed E-state index contributed by atoms with van der Waals surface area (Å²) in [7, 11) is 1.46. The Labute approximate surface area is 200 Å². The van der Waals surface area contributed by atoms with Crippen molar-refractivity contribution in [2.75, 3.05) is 33.5 Å². The van der Waals surface area contributed by atoms with E-state index in [1.807, 2.05) is 0 Å². The molecule has 0 saturated carbocycles. The molecule has 10 heteroatoms. The Morgan fingerprint density at radius 1 is 1.09 bits per heavy atom. The summed E-state index contributed by atoms with van der Waals surface area (Å²) >= 11 is 6.89. The normalized spacial score (nSPS) is 14.5. The minimum Gasteiger partial charge on any atom is -0.493 e. The van der Waals surface area contributed by atoms with E-state index in [2.05, 4.69) is 0 Å². The van der Waals surface area contributed by atoms with Crippen LogP contribution >= 0.6 is 23.4 Å². The van der Waals surface area contributed by atoms with Crippen molar-refractivity contribution in [2.24, 2.45) is 0 Å². The fourth-order valence-corrected chi connectivity index (χ4v) is 3.94. The minimum absolute atomic E-state index is 0.0944. The second-order valence-electron chi connectivity index (χ2n) is 6.62. The van der Waals surface area contributed by atoms with Gasteiger partial charge in [0.25, 0.3) is 11.1 Å². The molecule has 2 aromatic carbocycles. The number of hydrogen-bond donors (Lipinski definition) is 0. The molecule has 0 N–H and O–H groups in total. The van der Waals surface area contributed by atoms with E-state index in [4.69, 9.17) is 30.5 Å². The molecule has 8 nitrogen and oxygen atoms in total. The van der Waals surface area contributed by atoms with Crippen molar-refractivity contribution >= 4 is 46.6 Å². The number of halogens is 1. The van der Waals surface area contributed by atoms with Crippen molar-refractivity contribution in [3.05, 3.63) is 58.0 Å². The summed E-state index contributed by atoms with van der Waals surface area (Å²) in [5, 5.41) is 0.0746. The molecule has 1 fully saturated rings. The molecule has 1 heterocycles. The SMILES string of the molecule is CCOC(=O)COc1ccc(/C=C2\SC(=O)N(CCOc3ccccc3Cl)C2=O)cc1OC. The number of thioether (sulfide) groups is 1. The summed E-state index contributed by atoms with van der Waals surface area (Å²) in [5.41, 5.74) is 0.633. The number of carbonyl (C=O) groups is 3. The molecule has 3 rings (SSSR count). The van der Waals surface area contributed by atoms with Gasteiger partial charge in [0.15, 0.2) is 18.1 Å². The molecule has 0 radical (unpaired) electrons. The third kappa shape index (κ3) is 6.43. The number of benzene rings is 2. The molecule has 0 aromatic heterocycles. The van der Waals surface area contributed by atoms with Crippen molar-refractivity contribution < 1.29 is 33.3 Å². The lowest BCUT2D eigenvalue weighted by atomic mass is 10.2. The lowest BCUT2D eigenvalue weighted by molar-refractivity contribution is -0.145. The van der Waals surface area contributed by atoms with E-state index in [1.165, 1.54) is 7.11 Å². The largest absolute Gasteiger partial charge is 0.493 e. The van der Waals surface area contributed by atoms with Crippen LogP contribution < -0.4 is 14.2 Å². The average molecular weight is 492 g/mol. The summed E-state index contributed by atoms with van der Waals surface area (Å²) in [6.07, 6.45) is 1.59. The Kier molecular flexibility index (Phi) is 8.62. The molecule has 1 aliphatic heterocycles. The first-order valence-corrected chi connectivity index (χ1v) is 11.2. The Bertz CT molecular complexity index is 1070. The first-order valence-electron chi connectivity index (χ1n) is 10.0. The fraction of sp³-hybridized carbons (Fsp3) is 0.261. The zero-order valence-electron chi connectivity index (χ0n) is 18.0. The van der Waals surface area contributed by atoms with Gasteiger partial charge >= 0.3 is 5.97 Å². The van der Waals surface area contributed by atoms with Gasteiger partial charge in [0.2, 0.25) is 0 Å². The van der Waals surface area contributed by atoms with Gasteiger partial charge in [-0.25, -0.2) is 4.79 Å². The van der Waals surface area contributed by atoms with E-state index in [0.29, 0.717) is 27.8 Å². The molecule has 1 saturated heterocycles. The van der Waals surface area contributed by atoms with Crippen LogP contribution in [0.1, 0.15) is 12.5 Å². The molecule has 0 spiro atoms. The van der Waals surface area contributed by atoms with Crippen LogP contribution in [0.15, 0.2) is 47.4 Å². The van der Waals surface area contributed by atoms with Gasteiger partial charge in [-0.3, -0.25) is 14.5 Å². The van der Waals surface area contributed by atoms with Gasteiger partial charge in [0.1, 0.15) is 12.4 Å². The minimum atomic E-state index is -0.490. The number of rotatable bonds is 10. The Morgan fingerprint density at radius 3 is 2.61 bits per heavy atom. The number of esters is 1. The number of amides is 2. The predicted molar refractivity (Wildman–Crippen MR) is 125 cm³/mol. The maximum absolute atomic E-state index is 12.7. The van der Waals surface area contributed by atoms with E-state index in [9.17, 15) is 14.4 Å².